The third kappa shape index (κ3) is 6.66. The molecule has 2 rings (SSSR count). The van der Waals surface area contributed by atoms with E-state index in [4.69, 9.17) is 14.7 Å². The molecule has 26 heavy (non-hydrogen) atoms. The van der Waals surface area contributed by atoms with Crippen LogP contribution in [0.3, 0.4) is 0 Å². The topological polar surface area (TPSA) is 65.8 Å². The van der Waals surface area contributed by atoms with Gasteiger partial charge in [-0.1, -0.05) is 30.3 Å². The molecule has 1 fully saturated rings. The molecule has 1 atom stereocenters. The lowest BCUT2D eigenvalue weighted by Crippen LogP contribution is -2.56. The van der Waals surface area contributed by atoms with Gasteiger partial charge >= 0.3 is 6.09 Å². The molecule has 0 aliphatic carbocycles. The Morgan fingerprint density at radius 2 is 2.00 bits per heavy atom. The van der Waals surface area contributed by atoms with Crippen LogP contribution in [-0.4, -0.2) is 60.4 Å². The number of nitrogens with zero attached hydrogens (tertiary/aromatic N) is 3. The van der Waals surface area contributed by atoms with Crippen LogP contribution in [0.15, 0.2) is 30.3 Å². The summed E-state index contributed by atoms with van der Waals surface area (Å²) in [5, 5.41) is 8.66. The van der Waals surface area contributed by atoms with Gasteiger partial charge in [-0.3, -0.25) is 4.90 Å². The second kappa shape index (κ2) is 9.56. The molecule has 1 amide bonds. The summed E-state index contributed by atoms with van der Waals surface area (Å²) in [6.07, 6.45) is 0.0974. The van der Waals surface area contributed by atoms with Crippen molar-refractivity contribution in [1.29, 1.82) is 5.26 Å². The minimum atomic E-state index is -0.503. The number of ether oxygens (including phenoxy) is 2. The van der Waals surface area contributed by atoms with Crippen molar-refractivity contribution in [2.24, 2.45) is 0 Å². The van der Waals surface area contributed by atoms with E-state index in [1.807, 2.05) is 39.0 Å². The monoisotopic (exact) mass is 359 g/mol. The van der Waals surface area contributed by atoms with Crippen molar-refractivity contribution in [2.75, 3.05) is 32.8 Å². The average molecular weight is 359 g/mol. The van der Waals surface area contributed by atoms with E-state index in [2.05, 4.69) is 23.1 Å². The summed E-state index contributed by atoms with van der Waals surface area (Å²) >= 11 is 0. The fourth-order valence-electron chi connectivity index (χ4n) is 2.91. The van der Waals surface area contributed by atoms with Crippen LogP contribution in [0.4, 0.5) is 4.79 Å². The molecule has 1 aliphatic heterocycles. The standard InChI is InChI=1S/C20H29N3O3/c1-20(2,3)26-19(24)23-12-11-22(14-17-8-5-4-6-9-17)18(15-23)16-25-13-7-10-21/h4-6,8-9,18H,7,11-16H2,1-3H3. The highest BCUT2D eigenvalue weighted by Gasteiger charge is 2.32. The van der Waals surface area contributed by atoms with E-state index in [9.17, 15) is 4.79 Å². The SMILES string of the molecule is CC(C)(C)OC(=O)N1CCN(Cc2ccccc2)C(COCCC#N)C1. The number of rotatable bonds is 6. The molecule has 1 heterocycles. The van der Waals surface area contributed by atoms with Gasteiger partial charge in [0.1, 0.15) is 5.60 Å². The van der Waals surface area contributed by atoms with Crippen LogP contribution in [0.1, 0.15) is 32.8 Å². The maximum absolute atomic E-state index is 12.4. The fourth-order valence-corrected chi connectivity index (χ4v) is 2.91. The summed E-state index contributed by atoms with van der Waals surface area (Å²) in [6, 6.07) is 12.4. The average Bonchev–Trinajstić information content (AvgIpc) is 2.59. The van der Waals surface area contributed by atoms with Gasteiger partial charge in [0.15, 0.2) is 0 Å². The van der Waals surface area contributed by atoms with Crippen molar-refractivity contribution < 1.29 is 14.3 Å². The maximum Gasteiger partial charge on any atom is 0.410 e. The van der Waals surface area contributed by atoms with Gasteiger partial charge < -0.3 is 14.4 Å². The minimum Gasteiger partial charge on any atom is -0.444 e. The molecular formula is C20H29N3O3. The highest BCUT2D eigenvalue weighted by atomic mass is 16.6. The van der Waals surface area contributed by atoms with Gasteiger partial charge in [-0.2, -0.15) is 5.26 Å². The van der Waals surface area contributed by atoms with E-state index in [0.29, 0.717) is 32.7 Å². The van der Waals surface area contributed by atoms with Crippen molar-refractivity contribution in [2.45, 2.75) is 45.4 Å². The lowest BCUT2D eigenvalue weighted by Gasteiger charge is -2.41. The fraction of sp³-hybridized carbons (Fsp3) is 0.600. The van der Waals surface area contributed by atoms with Gasteiger partial charge in [-0.25, -0.2) is 4.79 Å². The number of hydrogen-bond acceptors (Lipinski definition) is 5. The van der Waals surface area contributed by atoms with E-state index in [0.717, 1.165) is 13.1 Å². The second-order valence-corrected chi connectivity index (χ2v) is 7.52. The van der Waals surface area contributed by atoms with Gasteiger partial charge in [0, 0.05) is 26.2 Å². The summed E-state index contributed by atoms with van der Waals surface area (Å²) < 4.78 is 11.2. The minimum absolute atomic E-state index is 0.0789. The van der Waals surface area contributed by atoms with Crippen LogP contribution >= 0.6 is 0 Å². The molecule has 1 aromatic carbocycles. The van der Waals surface area contributed by atoms with E-state index in [1.54, 1.807) is 4.90 Å². The molecule has 0 radical (unpaired) electrons. The summed E-state index contributed by atoms with van der Waals surface area (Å²) in [7, 11) is 0. The van der Waals surface area contributed by atoms with E-state index in [1.165, 1.54) is 5.56 Å². The Hall–Kier alpha value is -2.10. The first-order valence-electron chi connectivity index (χ1n) is 9.09. The van der Waals surface area contributed by atoms with Crippen LogP contribution in [0.5, 0.6) is 0 Å². The third-order valence-electron chi connectivity index (χ3n) is 4.15. The zero-order chi connectivity index (χ0) is 19.0. The second-order valence-electron chi connectivity index (χ2n) is 7.52. The Labute approximate surface area is 156 Å². The number of hydrogen-bond donors (Lipinski definition) is 0. The van der Waals surface area contributed by atoms with E-state index < -0.39 is 5.60 Å². The van der Waals surface area contributed by atoms with Crippen molar-refractivity contribution in [1.82, 2.24) is 9.80 Å². The molecule has 0 saturated carbocycles. The number of carbonyl (C=O) groups excluding carboxylic acids is 1. The van der Waals surface area contributed by atoms with Gasteiger partial charge in [-0.05, 0) is 26.3 Å². The first-order valence-corrected chi connectivity index (χ1v) is 9.09. The zero-order valence-electron chi connectivity index (χ0n) is 16.0. The normalized spacial score (nSPS) is 18.4. The summed E-state index contributed by atoms with van der Waals surface area (Å²) in [4.78, 5) is 16.5. The van der Waals surface area contributed by atoms with Crippen molar-refractivity contribution in [3.63, 3.8) is 0 Å². The van der Waals surface area contributed by atoms with Crippen LogP contribution in [0.25, 0.3) is 0 Å². The predicted molar refractivity (Wildman–Crippen MR) is 99.5 cm³/mol. The molecule has 6 heteroatoms. The van der Waals surface area contributed by atoms with Gasteiger partial charge in [-0.15, -0.1) is 0 Å². The number of carbonyl (C=O) groups is 1. The molecule has 0 aromatic heterocycles. The number of benzene rings is 1. The molecule has 1 unspecified atom stereocenters. The first-order chi connectivity index (χ1) is 12.4. The van der Waals surface area contributed by atoms with Crippen molar-refractivity contribution in [3.05, 3.63) is 35.9 Å². The molecule has 1 aliphatic rings. The van der Waals surface area contributed by atoms with E-state index in [-0.39, 0.29) is 12.1 Å². The molecule has 142 valence electrons. The Bertz CT molecular complexity index is 607. The highest BCUT2D eigenvalue weighted by Crippen LogP contribution is 2.17. The van der Waals surface area contributed by atoms with Crippen LogP contribution < -0.4 is 0 Å². The van der Waals surface area contributed by atoms with Crippen molar-refractivity contribution >= 4 is 6.09 Å². The summed E-state index contributed by atoms with van der Waals surface area (Å²) in [6.45, 7) is 9.31. The van der Waals surface area contributed by atoms with E-state index >= 15 is 0 Å². The summed E-state index contributed by atoms with van der Waals surface area (Å²) in [5.74, 6) is 0. The third-order valence-corrected chi connectivity index (χ3v) is 4.15. The van der Waals surface area contributed by atoms with Crippen molar-refractivity contribution in [3.8, 4) is 6.07 Å². The molecular weight excluding hydrogens is 330 g/mol. The Morgan fingerprint density at radius 1 is 1.27 bits per heavy atom. The molecule has 0 N–H and O–H groups in total. The zero-order valence-corrected chi connectivity index (χ0v) is 16.0. The molecule has 0 bridgehead atoms. The lowest BCUT2D eigenvalue weighted by molar-refractivity contribution is -0.0162. The van der Waals surface area contributed by atoms with Gasteiger partial charge in [0.05, 0.1) is 31.7 Å². The maximum atomic E-state index is 12.4. The Kier molecular flexibility index (Phi) is 7.43. The molecule has 1 saturated heterocycles. The molecule has 6 nitrogen and oxygen atoms in total. The summed E-state index contributed by atoms with van der Waals surface area (Å²) in [5.41, 5.74) is 0.733. The quantitative estimate of drug-likeness (QED) is 0.731. The molecule has 1 aromatic rings. The van der Waals surface area contributed by atoms with Gasteiger partial charge in [0.2, 0.25) is 0 Å². The Morgan fingerprint density at radius 3 is 2.65 bits per heavy atom. The lowest BCUT2D eigenvalue weighted by atomic mass is 10.1. The first kappa shape index (κ1) is 20.2. The number of nitriles is 1. The number of piperazine rings is 1. The molecule has 0 spiro atoms. The highest BCUT2D eigenvalue weighted by molar-refractivity contribution is 5.68. The van der Waals surface area contributed by atoms with Crippen LogP contribution in [-0.2, 0) is 16.0 Å². The smallest absolute Gasteiger partial charge is 0.410 e. The largest absolute Gasteiger partial charge is 0.444 e. The van der Waals surface area contributed by atoms with Gasteiger partial charge in [0.25, 0.3) is 0 Å². The Balaban J connectivity index is 1.99. The van der Waals surface area contributed by atoms with Crippen LogP contribution in [0.2, 0.25) is 0 Å². The van der Waals surface area contributed by atoms with Crippen LogP contribution in [0, 0.1) is 11.3 Å². The number of amides is 1. The predicted octanol–water partition coefficient (Wildman–Crippen LogP) is 3.04.